The van der Waals surface area contributed by atoms with Gasteiger partial charge in [-0.2, -0.15) is 0 Å². The molecular formula is C14H14N2O2S3. The van der Waals surface area contributed by atoms with Crippen LogP contribution in [0.4, 0.5) is 0 Å². The number of thiophene rings is 2. The molecule has 0 fully saturated rings. The van der Waals surface area contributed by atoms with Crippen molar-refractivity contribution >= 4 is 44.7 Å². The molecule has 3 heterocycles. The minimum absolute atomic E-state index is 0.0181. The van der Waals surface area contributed by atoms with Gasteiger partial charge in [-0.1, -0.05) is 17.8 Å². The molecule has 4 nitrogen and oxygen atoms in total. The summed E-state index contributed by atoms with van der Waals surface area (Å²) < 4.78 is 6.67. The molecule has 0 unspecified atom stereocenters. The molecule has 0 saturated heterocycles. The second-order valence-electron chi connectivity index (χ2n) is 4.41. The number of aromatic nitrogens is 2. The minimum atomic E-state index is 0.0181. The average Bonchev–Trinajstić information content (AvgIpc) is 3.12. The Bertz CT molecular complexity index is 806. The molecule has 110 valence electrons. The number of ether oxygens (including phenoxy) is 1. The highest BCUT2D eigenvalue weighted by atomic mass is 32.2. The Morgan fingerprint density at radius 3 is 3.00 bits per heavy atom. The predicted molar refractivity (Wildman–Crippen MR) is 90.8 cm³/mol. The van der Waals surface area contributed by atoms with E-state index in [4.69, 9.17) is 4.74 Å². The minimum Gasteiger partial charge on any atom is -0.384 e. The van der Waals surface area contributed by atoms with Crippen LogP contribution in [0.3, 0.4) is 0 Å². The number of hydrogen-bond acceptors (Lipinski definition) is 6. The van der Waals surface area contributed by atoms with Gasteiger partial charge >= 0.3 is 0 Å². The average molecular weight is 338 g/mol. The first-order chi connectivity index (χ1) is 10.2. The third kappa shape index (κ3) is 2.78. The molecule has 0 bridgehead atoms. The molecule has 0 aliphatic rings. The van der Waals surface area contributed by atoms with Gasteiger partial charge < -0.3 is 4.74 Å². The van der Waals surface area contributed by atoms with Crippen LogP contribution in [0, 0.1) is 0 Å². The van der Waals surface area contributed by atoms with Crippen molar-refractivity contribution in [3.8, 4) is 10.4 Å². The summed E-state index contributed by atoms with van der Waals surface area (Å²) in [5.74, 6) is 0.783. The molecule has 0 saturated carbocycles. The molecule has 0 spiro atoms. The molecule has 21 heavy (non-hydrogen) atoms. The first kappa shape index (κ1) is 14.8. The van der Waals surface area contributed by atoms with Gasteiger partial charge in [-0.3, -0.25) is 9.36 Å². The highest BCUT2D eigenvalue weighted by Crippen LogP contribution is 2.34. The lowest BCUT2D eigenvalue weighted by Crippen LogP contribution is -2.19. The van der Waals surface area contributed by atoms with Crippen molar-refractivity contribution in [1.29, 1.82) is 0 Å². The Kier molecular flexibility index (Phi) is 4.44. The molecule has 0 atom stereocenters. The normalized spacial score (nSPS) is 11.3. The van der Waals surface area contributed by atoms with Gasteiger partial charge in [-0.05, 0) is 11.4 Å². The van der Waals surface area contributed by atoms with Gasteiger partial charge in [-0.25, -0.2) is 4.98 Å². The van der Waals surface area contributed by atoms with Crippen LogP contribution in [0.15, 0.2) is 32.8 Å². The Morgan fingerprint density at radius 2 is 2.29 bits per heavy atom. The summed E-state index contributed by atoms with van der Waals surface area (Å²) in [5.41, 5.74) is 1.01. The zero-order chi connectivity index (χ0) is 14.8. The standard InChI is InChI=1S/C14H14N2O2S3/c1-16-13(17)11-9(10-4-3-6-19-10)8-21-12(11)15-14(16)20-7-5-18-2/h3-4,6,8H,5,7H2,1-2H3. The van der Waals surface area contributed by atoms with Crippen molar-refractivity contribution in [3.63, 3.8) is 0 Å². The summed E-state index contributed by atoms with van der Waals surface area (Å²) in [6.45, 7) is 0.642. The van der Waals surface area contributed by atoms with Gasteiger partial charge in [0.2, 0.25) is 0 Å². The molecule has 0 aromatic carbocycles. The molecule has 3 aromatic rings. The monoisotopic (exact) mass is 338 g/mol. The van der Waals surface area contributed by atoms with E-state index in [2.05, 4.69) is 4.98 Å². The fraction of sp³-hybridized carbons (Fsp3) is 0.286. The van der Waals surface area contributed by atoms with E-state index < -0.39 is 0 Å². The molecular weight excluding hydrogens is 324 g/mol. The second-order valence-corrected chi connectivity index (χ2v) is 7.27. The lowest BCUT2D eigenvalue weighted by Gasteiger charge is -2.07. The number of hydrogen-bond donors (Lipinski definition) is 0. The lowest BCUT2D eigenvalue weighted by molar-refractivity contribution is 0.218. The van der Waals surface area contributed by atoms with E-state index in [1.165, 1.54) is 11.3 Å². The number of fused-ring (bicyclic) bond motifs is 1. The van der Waals surface area contributed by atoms with Gasteiger partial charge in [0.05, 0.1) is 12.0 Å². The van der Waals surface area contributed by atoms with E-state index in [9.17, 15) is 4.79 Å². The van der Waals surface area contributed by atoms with Crippen molar-refractivity contribution in [3.05, 3.63) is 33.2 Å². The van der Waals surface area contributed by atoms with Crippen molar-refractivity contribution in [2.75, 3.05) is 19.5 Å². The van der Waals surface area contributed by atoms with Crippen LogP contribution in [-0.2, 0) is 11.8 Å². The summed E-state index contributed by atoms with van der Waals surface area (Å²) in [7, 11) is 3.45. The van der Waals surface area contributed by atoms with E-state index in [1.807, 2.05) is 22.9 Å². The van der Waals surface area contributed by atoms with Crippen molar-refractivity contribution in [1.82, 2.24) is 9.55 Å². The molecule has 3 aromatic heterocycles. The molecule has 3 rings (SSSR count). The zero-order valence-electron chi connectivity index (χ0n) is 11.7. The largest absolute Gasteiger partial charge is 0.384 e. The van der Waals surface area contributed by atoms with Crippen molar-refractivity contribution in [2.24, 2.45) is 7.05 Å². The third-order valence-corrected chi connectivity index (χ3v) is 5.85. The molecule has 0 aliphatic heterocycles. The molecule has 7 heteroatoms. The number of rotatable bonds is 5. The van der Waals surface area contributed by atoms with Crippen LogP contribution < -0.4 is 5.56 Å². The van der Waals surface area contributed by atoms with Crippen LogP contribution in [0.5, 0.6) is 0 Å². The fourth-order valence-corrected chi connectivity index (χ4v) is 4.69. The second kappa shape index (κ2) is 6.31. The smallest absolute Gasteiger partial charge is 0.263 e. The van der Waals surface area contributed by atoms with Crippen LogP contribution in [0.1, 0.15) is 0 Å². The van der Waals surface area contributed by atoms with Gasteiger partial charge in [0.25, 0.3) is 5.56 Å². The molecule has 0 amide bonds. The summed E-state index contributed by atoms with van der Waals surface area (Å²) >= 11 is 4.71. The van der Waals surface area contributed by atoms with E-state index in [1.54, 1.807) is 41.8 Å². The highest BCUT2D eigenvalue weighted by Gasteiger charge is 2.15. The molecule has 0 radical (unpaired) electrons. The summed E-state index contributed by atoms with van der Waals surface area (Å²) in [6.07, 6.45) is 0. The summed E-state index contributed by atoms with van der Waals surface area (Å²) in [6, 6.07) is 4.03. The number of thioether (sulfide) groups is 1. The van der Waals surface area contributed by atoms with Crippen LogP contribution in [0.25, 0.3) is 20.7 Å². The van der Waals surface area contributed by atoms with Gasteiger partial charge in [0.15, 0.2) is 5.16 Å². The maximum Gasteiger partial charge on any atom is 0.263 e. The zero-order valence-corrected chi connectivity index (χ0v) is 14.1. The van der Waals surface area contributed by atoms with Crippen LogP contribution >= 0.6 is 34.4 Å². The Morgan fingerprint density at radius 1 is 1.43 bits per heavy atom. The summed E-state index contributed by atoms with van der Waals surface area (Å²) in [5, 5.41) is 5.50. The summed E-state index contributed by atoms with van der Waals surface area (Å²) in [4.78, 5) is 19.2. The quantitative estimate of drug-likeness (QED) is 0.406. The van der Waals surface area contributed by atoms with Crippen molar-refractivity contribution < 1.29 is 4.74 Å². The van der Waals surface area contributed by atoms with E-state index >= 15 is 0 Å². The van der Waals surface area contributed by atoms with Crippen LogP contribution in [-0.4, -0.2) is 29.0 Å². The number of nitrogens with zero attached hydrogens (tertiary/aromatic N) is 2. The maximum atomic E-state index is 12.6. The molecule has 0 N–H and O–H groups in total. The molecule has 0 aliphatic carbocycles. The Balaban J connectivity index is 2.09. The first-order valence-electron chi connectivity index (χ1n) is 6.36. The first-order valence-corrected chi connectivity index (χ1v) is 9.10. The fourth-order valence-electron chi connectivity index (χ4n) is 2.01. The van der Waals surface area contributed by atoms with E-state index in [0.29, 0.717) is 6.61 Å². The number of methoxy groups -OCH3 is 1. The SMILES string of the molecule is COCCSc1nc2scc(-c3cccs3)c2c(=O)n1C. The Labute approximate surface area is 134 Å². The van der Waals surface area contributed by atoms with Gasteiger partial charge in [0.1, 0.15) is 4.83 Å². The van der Waals surface area contributed by atoms with E-state index in [-0.39, 0.29) is 5.56 Å². The Hall–Kier alpha value is -1.15. The van der Waals surface area contributed by atoms with Crippen molar-refractivity contribution in [2.45, 2.75) is 5.16 Å². The van der Waals surface area contributed by atoms with E-state index in [0.717, 1.165) is 31.6 Å². The van der Waals surface area contributed by atoms with Gasteiger partial charge in [0, 0.05) is 35.7 Å². The van der Waals surface area contributed by atoms with Crippen LogP contribution in [0.2, 0.25) is 0 Å². The third-order valence-electron chi connectivity index (χ3n) is 3.08. The maximum absolute atomic E-state index is 12.6. The topological polar surface area (TPSA) is 44.1 Å². The lowest BCUT2D eigenvalue weighted by atomic mass is 10.2. The predicted octanol–water partition coefficient (Wildman–Crippen LogP) is 3.46. The van der Waals surface area contributed by atoms with Gasteiger partial charge in [-0.15, -0.1) is 22.7 Å². The highest BCUT2D eigenvalue weighted by molar-refractivity contribution is 7.99.